The third kappa shape index (κ3) is 3.11. The molecule has 0 N–H and O–H groups in total. The highest BCUT2D eigenvalue weighted by molar-refractivity contribution is 7.11. The van der Waals surface area contributed by atoms with Crippen molar-refractivity contribution >= 4 is 35.7 Å². The second-order valence-electron chi connectivity index (χ2n) is 8.75. The second kappa shape index (κ2) is 7.82. The van der Waals surface area contributed by atoms with Crippen LogP contribution in [0.4, 0.5) is 4.79 Å². The summed E-state index contributed by atoms with van der Waals surface area (Å²) in [5.74, 6) is -0.144. The van der Waals surface area contributed by atoms with E-state index in [2.05, 4.69) is 36.4 Å². The van der Waals surface area contributed by atoms with Crippen molar-refractivity contribution in [3.05, 3.63) is 91.0 Å². The minimum atomic E-state index is -3.20. The molecule has 1 aliphatic rings. The van der Waals surface area contributed by atoms with Gasteiger partial charge in [-0.15, -0.1) is 0 Å². The molecule has 0 spiro atoms. The molecule has 3 aromatic carbocycles. The molecule has 0 saturated carbocycles. The van der Waals surface area contributed by atoms with Gasteiger partial charge in [-0.1, -0.05) is 91.0 Å². The highest BCUT2D eigenvalue weighted by atomic mass is 28.3. The molecule has 4 rings (SSSR count). The van der Waals surface area contributed by atoms with E-state index in [1.54, 1.807) is 9.47 Å². The zero-order valence-electron chi connectivity index (χ0n) is 18.4. The molecule has 0 atom stereocenters. The molecule has 158 valence electrons. The summed E-state index contributed by atoms with van der Waals surface area (Å²) in [5, 5.41) is 3.03. The zero-order valence-corrected chi connectivity index (χ0v) is 19.4. The van der Waals surface area contributed by atoms with Gasteiger partial charge in [0.05, 0.1) is 0 Å². The molecule has 0 aliphatic carbocycles. The number of carbonyl (C=O) groups excluding carboxylic acids is 2. The lowest BCUT2D eigenvalue weighted by Gasteiger charge is -2.39. The van der Waals surface area contributed by atoms with Crippen LogP contribution in [0.1, 0.15) is 27.7 Å². The molecule has 3 amide bonds. The standard InChI is InChI=1S/C26H28N2O2Si/c1-20(2)27-25(30)28(24(29)26(27,3)4)31(21-14-8-5-9-15-21,22-16-10-6-11-17-22)23-18-12-7-13-19-23/h5-20H,1-4H3. The van der Waals surface area contributed by atoms with Crippen molar-refractivity contribution in [2.75, 3.05) is 0 Å². The highest BCUT2D eigenvalue weighted by Gasteiger charge is 2.61. The average Bonchev–Trinajstić information content (AvgIpc) is 2.96. The van der Waals surface area contributed by atoms with E-state index in [4.69, 9.17) is 0 Å². The first-order valence-electron chi connectivity index (χ1n) is 10.7. The van der Waals surface area contributed by atoms with E-state index in [9.17, 15) is 9.59 Å². The van der Waals surface area contributed by atoms with Crippen molar-refractivity contribution in [3.63, 3.8) is 0 Å². The lowest BCUT2D eigenvalue weighted by molar-refractivity contribution is -0.129. The number of amides is 3. The summed E-state index contributed by atoms with van der Waals surface area (Å²) in [6.07, 6.45) is 0. The van der Waals surface area contributed by atoms with E-state index < -0.39 is 13.8 Å². The quantitative estimate of drug-likeness (QED) is 0.356. The van der Waals surface area contributed by atoms with Crippen LogP contribution in [-0.2, 0) is 4.79 Å². The van der Waals surface area contributed by atoms with Crippen LogP contribution < -0.4 is 15.6 Å². The molecule has 3 aromatic rings. The summed E-state index contributed by atoms with van der Waals surface area (Å²) >= 11 is 0. The molecule has 0 aromatic heterocycles. The molecule has 0 radical (unpaired) electrons. The minimum absolute atomic E-state index is 0.0922. The van der Waals surface area contributed by atoms with E-state index >= 15 is 0 Å². The third-order valence-corrected chi connectivity index (χ3v) is 10.7. The topological polar surface area (TPSA) is 40.6 Å². The largest absolute Gasteiger partial charge is 0.320 e. The van der Waals surface area contributed by atoms with Crippen molar-refractivity contribution < 1.29 is 9.59 Å². The molecule has 0 bridgehead atoms. The van der Waals surface area contributed by atoms with Gasteiger partial charge in [0.15, 0.2) is 0 Å². The van der Waals surface area contributed by atoms with Gasteiger partial charge in [0.2, 0.25) is 5.91 Å². The van der Waals surface area contributed by atoms with Gasteiger partial charge < -0.3 is 4.90 Å². The summed E-state index contributed by atoms with van der Waals surface area (Å²) in [6, 6.07) is 29.8. The summed E-state index contributed by atoms with van der Waals surface area (Å²) in [4.78, 5) is 29.8. The predicted molar refractivity (Wildman–Crippen MR) is 127 cm³/mol. The molecule has 1 aliphatic heterocycles. The third-order valence-electron chi connectivity index (χ3n) is 6.15. The van der Waals surface area contributed by atoms with Crippen molar-refractivity contribution in [2.45, 2.75) is 39.3 Å². The Morgan fingerprint density at radius 2 is 1.03 bits per heavy atom. The Hall–Kier alpha value is -3.18. The number of urea groups is 1. The first-order chi connectivity index (χ1) is 14.8. The van der Waals surface area contributed by atoms with E-state index in [0.717, 1.165) is 15.6 Å². The molecular weight excluding hydrogens is 400 g/mol. The van der Waals surface area contributed by atoms with E-state index in [1.807, 2.05) is 82.3 Å². The highest BCUT2D eigenvalue weighted by Crippen LogP contribution is 2.33. The Morgan fingerprint density at radius 3 is 1.32 bits per heavy atom. The molecule has 31 heavy (non-hydrogen) atoms. The van der Waals surface area contributed by atoms with Crippen LogP contribution in [-0.4, -0.2) is 41.2 Å². The number of nitrogens with zero attached hydrogens (tertiary/aromatic N) is 2. The summed E-state index contributed by atoms with van der Waals surface area (Å²) < 4.78 is 1.62. The Bertz CT molecular complexity index is 986. The monoisotopic (exact) mass is 428 g/mol. The van der Waals surface area contributed by atoms with Crippen LogP contribution in [0.3, 0.4) is 0 Å². The number of carbonyl (C=O) groups is 2. The number of rotatable bonds is 5. The van der Waals surface area contributed by atoms with Gasteiger partial charge in [0.1, 0.15) is 5.54 Å². The number of hydrogen-bond donors (Lipinski definition) is 0. The second-order valence-corrected chi connectivity index (χ2v) is 12.4. The van der Waals surface area contributed by atoms with Gasteiger partial charge in [-0.3, -0.25) is 9.36 Å². The van der Waals surface area contributed by atoms with Crippen LogP contribution >= 0.6 is 0 Å². The fourth-order valence-electron chi connectivity index (χ4n) is 4.90. The van der Waals surface area contributed by atoms with Gasteiger partial charge in [0, 0.05) is 6.04 Å². The first kappa shape index (κ1) is 21.1. The predicted octanol–water partition coefficient (Wildman–Crippen LogP) is 3.10. The number of imide groups is 1. The number of benzene rings is 3. The SMILES string of the molecule is CC(C)N1C(=O)N([Si](c2ccccc2)(c2ccccc2)c2ccccc2)C(=O)C1(C)C. The summed E-state index contributed by atoms with van der Waals surface area (Å²) in [5.41, 5.74) is -0.915. The molecule has 1 saturated heterocycles. The van der Waals surface area contributed by atoms with E-state index in [-0.39, 0.29) is 18.0 Å². The van der Waals surface area contributed by atoms with Crippen molar-refractivity contribution in [1.29, 1.82) is 0 Å². The lowest BCUT2D eigenvalue weighted by Crippen LogP contribution is -2.78. The van der Waals surface area contributed by atoms with Gasteiger partial charge in [-0.05, 0) is 43.3 Å². The van der Waals surface area contributed by atoms with E-state index in [1.165, 1.54) is 0 Å². The fraction of sp³-hybridized carbons (Fsp3) is 0.231. The Kier molecular flexibility index (Phi) is 5.31. The van der Waals surface area contributed by atoms with Crippen LogP contribution in [0, 0.1) is 0 Å². The maximum absolute atomic E-state index is 14.0. The van der Waals surface area contributed by atoms with E-state index in [0.29, 0.717) is 0 Å². The van der Waals surface area contributed by atoms with Crippen LogP contribution in [0.25, 0.3) is 0 Å². The summed E-state index contributed by atoms with van der Waals surface area (Å²) in [7, 11) is -3.20. The van der Waals surface area contributed by atoms with Crippen LogP contribution in [0.2, 0.25) is 0 Å². The van der Waals surface area contributed by atoms with Crippen LogP contribution in [0.15, 0.2) is 91.0 Å². The van der Waals surface area contributed by atoms with Gasteiger partial charge in [-0.2, -0.15) is 0 Å². The van der Waals surface area contributed by atoms with Gasteiger partial charge >= 0.3 is 6.03 Å². The van der Waals surface area contributed by atoms with Crippen molar-refractivity contribution in [3.8, 4) is 0 Å². The summed E-state index contributed by atoms with van der Waals surface area (Å²) in [6.45, 7) is 7.64. The molecule has 1 heterocycles. The molecule has 4 nitrogen and oxygen atoms in total. The Morgan fingerprint density at radius 1 is 0.677 bits per heavy atom. The fourth-order valence-corrected chi connectivity index (χ4v) is 9.67. The van der Waals surface area contributed by atoms with Gasteiger partial charge in [0.25, 0.3) is 8.24 Å². The zero-order chi connectivity index (χ0) is 22.2. The molecule has 1 fully saturated rings. The smallest absolute Gasteiger partial charge is 0.308 e. The Labute approximate surface area is 185 Å². The van der Waals surface area contributed by atoms with Crippen LogP contribution in [0.5, 0.6) is 0 Å². The first-order valence-corrected chi connectivity index (χ1v) is 12.6. The minimum Gasteiger partial charge on any atom is -0.308 e. The number of hydrogen-bond acceptors (Lipinski definition) is 2. The maximum atomic E-state index is 14.0. The lowest BCUT2D eigenvalue weighted by atomic mass is 10.0. The molecule has 5 heteroatoms. The Balaban J connectivity index is 2.11. The average molecular weight is 429 g/mol. The molecular formula is C26H28N2O2Si. The maximum Gasteiger partial charge on any atom is 0.320 e. The van der Waals surface area contributed by atoms with Crippen molar-refractivity contribution in [2.24, 2.45) is 0 Å². The molecule has 0 unspecified atom stereocenters. The van der Waals surface area contributed by atoms with Gasteiger partial charge in [-0.25, -0.2) is 4.79 Å². The normalized spacial score (nSPS) is 16.3. The van der Waals surface area contributed by atoms with Crippen molar-refractivity contribution in [1.82, 2.24) is 9.47 Å².